The fraction of sp³-hybridized carbons (Fsp3) is 0. The van der Waals surface area contributed by atoms with Gasteiger partial charge in [0.05, 0.1) is 9.79 Å². The zero-order chi connectivity index (χ0) is 11.0. The van der Waals surface area contributed by atoms with Crippen molar-refractivity contribution < 1.29 is 25.9 Å². The van der Waals surface area contributed by atoms with E-state index in [1.165, 1.54) is 0 Å². The molecule has 1 radical (unpaired) electrons. The first kappa shape index (κ1) is 15.0. The van der Waals surface area contributed by atoms with Gasteiger partial charge >= 0.3 is 0 Å². The first-order chi connectivity index (χ1) is 6.21. The van der Waals surface area contributed by atoms with Gasteiger partial charge in [-0.1, -0.05) is 0 Å². The van der Waals surface area contributed by atoms with Crippen LogP contribution in [0.1, 0.15) is 0 Å². The Hall–Kier alpha value is 0.0400. The fourth-order valence-electron chi connectivity index (χ4n) is 0.784. The Bertz CT molecular complexity index is 478. The van der Waals surface area contributed by atoms with Crippen molar-refractivity contribution in [2.24, 2.45) is 0 Å². The standard InChI is InChI=1S/C6H6O6S2.Na/c7-13(8,9)5-1-2-6(4-3-5)14(10,11)12;/h1-4H,(H,7,8,9)(H,10,11,12);. The minimum absolute atomic E-state index is 0. The van der Waals surface area contributed by atoms with E-state index >= 15 is 0 Å². The molecule has 0 unspecified atom stereocenters. The van der Waals surface area contributed by atoms with E-state index in [2.05, 4.69) is 0 Å². The molecule has 0 aliphatic rings. The van der Waals surface area contributed by atoms with Gasteiger partial charge in [-0.25, -0.2) is 0 Å². The molecular weight excluding hydrogens is 255 g/mol. The van der Waals surface area contributed by atoms with Gasteiger partial charge in [-0.15, -0.1) is 0 Å². The Morgan fingerprint density at radius 3 is 1.07 bits per heavy atom. The van der Waals surface area contributed by atoms with Crippen LogP contribution in [0.5, 0.6) is 0 Å². The van der Waals surface area contributed by atoms with Gasteiger partial charge in [-0.2, -0.15) is 16.8 Å². The van der Waals surface area contributed by atoms with Crippen LogP contribution >= 0.6 is 0 Å². The first-order valence-electron chi connectivity index (χ1n) is 3.26. The Labute approximate surface area is 109 Å². The molecule has 0 amide bonds. The van der Waals surface area contributed by atoms with Crippen LogP contribution in [0.15, 0.2) is 34.1 Å². The molecule has 0 aliphatic carbocycles. The van der Waals surface area contributed by atoms with Crippen LogP contribution in [0.4, 0.5) is 0 Å². The molecule has 1 rings (SSSR count). The Morgan fingerprint density at radius 1 is 0.733 bits per heavy atom. The maximum Gasteiger partial charge on any atom is 0.294 e. The molecule has 0 aromatic heterocycles. The smallest absolute Gasteiger partial charge is 0.282 e. The molecule has 2 N–H and O–H groups in total. The van der Waals surface area contributed by atoms with Crippen LogP contribution in [0, 0.1) is 0 Å². The SMILES string of the molecule is O=S(=O)(O)c1ccc(S(=O)(=O)O)cc1.[Na]. The van der Waals surface area contributed by atoms with Gasteiger partial charge in [-0.3, -0.25) is 9.11 Å². The summed E-state index contributed by atoms with van der Waals surface area (Å²) in [6, 6.07) is 3.49. The summed E-state index contributed by atoms with van der Waals surface area (Å²) in [5.74, 6) is 0. The monoisotopic (exact) mass is 261 g/mol. The van der Waals surface area contributed by atoms with E-state index in [0.29, 0.717) is 0 Å². The zero-order valence-electron chi connectivity index (χ0n) is 7.65. The molecule has 0 aliphatic heterocycles. The van der Waals surface area contributed by atoms with Crippen LogP contribution in [0.3, 0.4) is 0 Å². The quantitative estimate of drug-likeness (QED) is 0.563. The molecule has 0 saturated carbocycles. The third-order valence-electron chi connectivity index (χ3n) is 1.42. The predicted molar refractivity (Wildman–Crippen MR) is 51.8 cm³/mol. The van der Waals surface area contributed by atoms with Gasteiger partial charge in [-0.05, 0) is 24.3 Å². The first-order valence-corrected chi connectivity index (χ1v) is 6.14. The third-order valence-corrected chi connectivity index (χ3v) is 3.16. The van der Waals surface area contributed by atoms with Gasteiger partial charge in [0.2, 0.25) is 0 Å². The summed E-state index contributed by atoms with van der Waals surface area (Å²) in [5, 5.41) is 0. The maximum atomic E-state index is 10.5. The molecule has 0 atom stereocenters. The molecule has 79 valence electrons. The maximum absolute atomic E-state index is 10.5. The van der Waals surface area contributed by atoms with Gasteiger partial charge in [0, 0.05) is 29.6 Å². The van der Waals surface area contributed by atoms with Gasteiger partial charge < -0.3 is 0 Å². The largest absolute Gasteiger partial charge is 0.294 e. The van der Waals surface area contributed by atoms with Crippen molar-refractivity contribution in [3.8, 4) is 0 Å². The van der Waals surface area contributed by atoms with Crippen molar-refractivity contribution >= 4 is 49.8 Å². The van der Waals surface area contributed by atoms with Crippen LogP contribution in [-0.2, 0) is 20.2 Å². The predicted octanol–water partition coefficient (Wildman–Crippen LogP) is -0.201. The van der Waals surface area contributed by atoms with Gasteiger partial charge in [0.15, 0.2) is 0 Å². The van der Waals surface area contributed by atoms with Crippen LogP contribution in [0.25, 0.3) is 0 Å². The molecule has 9 heteroatoms. The molecule has 1 aromatic rings. The second-order valence-electron chi connectivity index (χ2n) is 2.42. The van der Waals surface area contributed by atoms with E-state index in [0.717, 1.165) is 24.3 Å². The van der Waals surface area contributed by atoms with Crippen LogP contribution in [-0.4, -0.2) is 55.5 Å². The second kappa shape index (κ2) is 4.91. The van der Waals surface area contributed by atoms with E-state index in [-0.39, 0.29) is 29.6 Å². The number of hydrogen-bond acceptors (Lipinski definition) is 4. The van der Waals surface area contributed by atoms with E-state index in [4.69, 9.17) is 9.11 Å². The summed E-state index contributed by atoms with van der Waals surface area (Å²) in [5.41, 5.74) is 0. The van der Waals surface area contributed by atoms with Gasteiger partial charge in [0.25, 0.3) is 20.2 Å². The number of benzene rings is 1. The summed E-state index contributed by atoms with van der Waals surface area (Å²) in [6.45, 7) is 0. The summed E-state index contributed by atoms with van der Waals surface area (Å²) in [6.07, 6.45) is 0. The topological polar surface area (TPSA) is 109 Å². The molecular formula is C6H6NaO6S2. The average molecular weight is 261 g/mol. The molecule has 15 heavy (non-hydrogen) atoms. The fourth-order valence-corrected chi connectivity index (χ4v) is 1.74. The van der Waals surface area contributed by atoms with Gasteiger partial charge in [0.1, 0.15) is 0 Å². The zero-order valence-corrected chi connectivity index (χ0v) is 11.3. The molecule has 0 saturated heterocycles. The van der Waals surface area contributed by atoms with E-state index in [1.54, 1.807) is 0 Å². The molecule has 0 bridgehead atoms. The normalized spacial score (nSPS) is 11.9. The van der Waals surface area contributed by atoms with Crippen LogP contribution in [0.2, 0.25) is 0 Å². The summed E-state index contributed by atoms with van der Waals surface area (Å²) in [4.78, 5) is -0.880. The molecule has 0 heterocycles. The number of hydrogen-bond donors (Lipinski definition) is 2. The summed E-state index contributed by atoms with van der Waals surface area (Å²) in [7, 11) is -8.68. The van der Waals surface area contributed by atoms with Crippen LogP contribution < -0.4 is 0 Å². The van der Waals surface area contributed by atoms with Crippen molar-refractivity contribution in [3.63, 3.8) is 0 Å². The Morgan fingerprint density at radius 2 is 0.933 bits per heavy atom. The minimum atomic E-state index is -4.34. The average Bonchev–Trinajstić information content (AvgIpc) is 2.01. The van der Waals surface area contributed by atoms with E-state index < -0.39 is 30.0 Å². The minimum Gasteiger partial charge on any atom is -0.282 e. The third kappa shape index (κ3) is 4.19. The molecule has 0 spiro atoms. The molecule has 6 nitrogen and oxygen atoms in total. The Kier molecular flexibility index (Phi) is 4.93. The molecule has 1 aromatic carbocycles. The van der Waals surface area contributed by atoms with Crippen molar-refractivity contribution in [3.05, 3.63) is 24.3 Å². The van der Waals surface area contributed by atoms with Crippen molar-refractivity contribution in [1.29, 1.82) is 0 Å². The Balaban J connectivity index is 0.00000196. The van der Waals surface area contributed by atoms with E-state index in [9.17, 15) is 16.8 Å². The van der Waals surface area contributed by atoms with Crippen molar-refractivity contribution in [2.45, 2.75) is 9.79 Å². The summed E-state index contributed by atoms with van der Waals surface area (Å²) < 4.78 is 59.2. The number of rotatable bonds is 2. The van der Waals surface area contributed by atoms with E-state index in [1.807, 2.05) is 0 Å². The van der Waals surface area contributed by atoms with Crippen molar-refractivity contribution in [1.82, 2.24) is 0 Å². The van der Waals surface area contributed by atoms with Crippen molar-refractivity contribution in [2.75, 3.05) is 0 Å². The molecule has 0 fully saturated rings. The second-order valence-corrected chi connectivity index (χ2v) is 5.26. The summed E-state index contributed by atoms with van der Waals surface area (Å²) >= 11 is 0.